The molecule has 2 aliphatic rings. The van der Waals surface area contributed by atoms with Gasteiger partial charge in [0.25, 0.3) is 0 Å². The van der Waals surface area contributed by atoms with E-state index >= 15 is 0 Å². The Balaban J connectivity index is 0.00000200. The summed E-state index contributed by atoms with van der Waals surface area (Å²) >= 11 is 0. The van der Waals surface area contributed by atoms with E-state index in [-0.39, 0.29) is 30.3 Å². The van der Waals surface area contributed by atoms with E-state index in [0.29, 0.717) is 25.4 Å². The Kier molecular flexibility index (Phi) is 6.27. The Morgan fingerprint density at radius 1 is 1.15 bits per heavy atom. The van der Waals surface area contributed by atoms with Gasteiger partial charge in [0.15, 0.2) is 0 Å². The average molecular weight is 305 g/mol. The quantitative estimate of drug-likeness (QED) is 0.857. The van der Waals surface area contributed by atoms with Crippen molar-refractivity contribution < 1.29 is 14.7 Å². The van der Waals surface area contributed by atoms with E-state index in [1.807, 2.05) is 16.7 Å². The molecular weight excluding hydrogens is 280 g/mol. The second-order valence-corrected chi connectivity index (χ2v) is 6.00. The molecule has 2 rings (SSSR count). The molecule has 2 aliphatic heterocycles. The normalized spacial score (nSPS) is 26.1. The molecule has 0 spiro atoms. The molecular formula is C14H25ClN2O3. The number of nitrogens with zero attached hydrogens (tertiary/aromatic N) is 2. The molecule has 20 heavy (non-hydrogen) atoms. The SMILES string of the molecule is CC1CCN(C(=O)C(C)N2CCC(C(=O)O)C2)CC1.Cl. The average Bonchev–Trinajstić information content (AvgIpc) is 2.87. The van der Waals surface area contributed by atoms with Crippen molar-refractivity contribution in [1.82, 2.24) is 9.80 Å². The lowest BCUT2D eigenvalue weighted by Crippen LogP contribution is -2.48. The molecule has 0 saturated carbocycles. The number of carbonyl (C=O) groups excluding carboxylic acids is 1. The van der Waals surface area contributed by atoms with Crippen LogP contribution in [0.4, 0.5) is 0 Å². The van der Waals surface area contributed by atoms with E-state index in [0.717, 1.165) is 25.9 Å². The van der Waals surface area contributed by atoms with Crippen LogP contribution in [0.1, 0.15) is 33.1 Å². The first-order valence-electron chi connectivity index (χ1n) is 7.24. The van der Waals surface area contributed by atoms with Gasteiger partial charge in [0, 0.05) is 19.6 Å². The van der Waals surface area contributed by atoms with Crippen LogP contribution < -0.4 is 0 Å². The first-order valence-corrected chi connectivity index (χ1v) is 7.24. The summed E-state index contributed by atoms with van der Waals surface area (Å²) in [4.78, 5) is 27.3. The Morgan fingerprint density at radius 2 is 1.75 bits per heavy atom. The molecule has 0 aliphatic carbocycles. The number of halogens is 1. The number of hydrogen-bond donors (Lipinski definition) is 1. The van der Waals surface area contributed by atoms with Crippen LogP contribution in [-0.4, -0.2) is 59.0 Å². The van der Waals surface area contributed by atoms with Crippen LogP contribution >= 0.6 is 12.4 Å². The monoisotopic (exact) mass is 304 g/mol. The lowest BCUT2D eigenvalue weighted by Gasteiger charge is -2.34. The van der Waals surface area contributed by atoms with Crippen LogP contribution in [0.2, 0.25) is 0 Å². The molecule has 6 heteroatoms. The largest absolute Gasteiger partial charge is 0.481 e. The molecule has 5 nitrogen and oxygen atoms in total. The van der Waals surface area contributed by atoms with E-state index in [1.165, 1.54) is 0 Å². The topological polar surface area (TPSA) is 60.9 Å². The number of carboxylic acid groups (broad SMARTS) is 1. The standard InChI is InChI=1S/C14H24N2O3.ClH/c1-10-3-6-15(7-4-10)13(17)11(2)16-8-5-12(9-16)14(18)19;/h10-12H,3-9H2,1-2H3,(H,18,19);1H. The van der Waals surface area contributed by atoms with Gasteiger partial charge < -0.3 is 10.0 Å². The van der Waals surface area contributed by atoms with Gasteiger partial charge in [0.1, 0.15) is 0 Å². The van der Waals surface area contributed by atoms with Gasteiger partial charge in [-0.3, -0.25) is 14.5 Å². The number of likely N-dealkylation sites (tertiary alicyclic amines) is 2. The van der Waals surface area contributed by atoms with Crippen molar-refractivity contribution >= 4 is 24.3 Å². The van der Waals surface area contributed by atoms with Crippen molar-refractivity contribution in [3.63, 3.8) is 0 Å². The molecule has 0 bridgehead atoms. The highest BCUT2D eigenvalue weighted by Gasteiger charge is 2.35. The Bertz CT molecular complexity index is 356. The third kappa shape index (κ3) is 3.85. The number of aliphatic carboxylic acids is 1. The second kappa shape index (κ2) is 7.27. The van der Waals surface area contributed by atoms with Gasteiger partial charge in [-0.2, -0.15) is 0 Å². The fourth-order valence-corrected chi connectivity index (χ4v) is 2.99. The van der Waals surface area contributed by atoms with Gasteiger partial charge in [0.2, 0.25) is 5.91 Å². The van der Waals surface area contributed by atoms with Crippen LogP contribution in [0.5, 0.6) is 0 Å². The van der Waals surface area contributed by atoms with Gasteiger partial charge in [-0.05, 0) is 38.6 Å². The van der Waals surface area contributed by atoms with Crippen LogP contribution in [0.15, 0.2) is 0 Å². The van der Waals surface area contributed by atoms with Gasteiger partial charge in [-0.15, -0.1) is 12.4 Å². The fraction of sp³-hybridized carbons (Fsp3) is 0.857. The summed E-state index contributed by atoms with van der Waals surface area (Å²) in [7, 11) is 0. The maximum absolute atomic E-state index is 12.4. The highest BCUT2D eigenvalue weighted by Crippen LogP contribution is 2.22. The van der Waals surface area contributed by atoms with Crippen LogP contribution in [-0.2, 0) is 9.59 Å². The van der Waals surface area contributed by atoms with E-state index in [9.17, 15) is 9.59 Å². The summed E-state index contributed by atoms with van der Waals surface area (Å²) in [6.07, 6.45) is 2.82. The van der Waals surface area contributed by atoms with E-state index < -0.39 is 5.97 Å². The zero-order chi connectivity index (χ0) is 14.0. The molecule has 2 saturated heterocycles. The first kappa shape index (κ1) is 17.2. The van der Waals surface area contributed by atoms with Crippen molar-refractivity contribution in [3.05, 3.63) is 0 Å². The first-order chi connectivity index (χ1) is 8.99. The van der Waals surface area contributed by atoms with Crippen molar-refractivity contribution in [3.8, 4) is 0 Å². The summed E-state index contributed by atoms with van der Waals surface area (Å²) in [5, 5.41) is 9.01. The molecule has 0 aromatic rings. The maximum Gasteiger partial charge on any atom is 0.307 e. The van der Waals surface area contributed by atoms with Crippen LogP contribution in [0, 0.1) is 11.8 Å². The summed E-state index contributed by atoms with van der Waals surface area (Å²) < 4.78 is 0. The van der Waals surface area contributed by atoms with Gasteiger partial charge in [0.05, 0.1) is 12.0 Å². The number of carboxylic acids is 1. The predicted octanol–water partition coefficient (Wildman–Crippen LogP) is 1.46. The molecule has 2 heterocycles. The predicted molar refractivity (Wildman–Crippen MR) is 79.0 cm³/mol. The number of amides is 1. The summed E-state index contributed by atoms with van der Waals surface area (Å²) in [5.41, 5.74) is 0. The molecule has 2 unspecified atom stereocenters. The van der Waals surface area contributed by atoms with E-state index in [1.54, 1.807) is 0 Å². The lowest BCUT2D eigenvalue weighted by atomic mass is 9.99. The highest BCUT2D eigenvalue weighted by molar-refractivity contribution is 5.85. The van der Waals surface area contributed by atoms with Crippen molar-refractivity contribution in [1.29, 1.82) is 0 Å². The summed E-state index contributed by atoms with van der Waals surface area (Å²) in [6, 6.07) is -0.183. The number of piperidine rings is 1. The minimum atomic E-state index is -0.742. The molecule has 2 fully saturated rings. The number of rotatable bonds is 3. The van der Waals surface area contributed by atoms with Crippen molar-refractivity contribution in [2.24, 2.45) is 11.8 Å². The van der Waals surface area contributed by atoms with Crippen molar-refractivity contribution in [2.75, 3.05) is 26.2 Å². The van der Waals surface area contributed by atoms with E-state index in [4.69, 9.17) is 5.11 Å². The maximum atomic E-state index is 12.4. The van der Waals surface area contributed by atoms with Gasteiger partial charge in [-0.25, -0.2) is 0 Å². The minimum absolute atomic E-state index is 0. The van der Waals surface area contributed by atoms with Gasteiger partial charge in [-0.1, -0.05) is 6.92 Å². The molecule has 0 aromatic heterocycles. The lowest BCUT2D eigenvalue weighted by molar-refractivity contribution is -0.142. The highest BCUT2D eigenvalue weighted by atomic mass is 35.5. The zero-order valence-electron chi connectivity index (χ0n) is 12.2. The second-order valence-electron chi connectivity index (χ2n) is 6.00. The zero-order valence-corrected chi connectivity index (χ0v) is 13.1. The fourth-order valence-electron chi connectivity index (χ4n) is 2.99. The molecule has 1 N–H and O–H groups in total. The van der Waals surface area contributed by atoms with Crippen LogP contribution in [0.25, 0.3) is 0 Å². The molecule has 0 aromatic carbocycles. The Labute approximate surface area is 126 Å². The summed E-state index contributed by atoms with van der Waals surface area (Å²) in [5.74, 6) is -0.175. The molecule has 2 atom stereocenters. The number of carbonyl (C=O) groups is 2. The third-order valence-corrected chi connectivity index (χ3v) is 4.57. The Morgan fingerprint density at radius 3 is 2.25 bits per heavy atom. The summed E-state index contributed by atoms with van der Waals surface area (Å²) in [6.45, 7) is 7.05. The smallest absolute Gasteiger partial charge is 0.307 e. The molecule has 1 amide bonds. The molecule has 116 valence electrons. The van der Waals surface area contributed by atoms with Crippen molar-refractivity contribution in [2.45, 2.75) is 39.2 Å². The van der Waals surface area contributed by atoms with Crippen LogP contribution in [0.3, 0.4) is 0 Å². The Hall–Kier alpha value is -0.810. The molecule has 0 radical (unpaired) electrons. The number of hydrogen-bond acceptors (Lipinski definition) is 3. The third-order valence-electron chi connectivity index (χ3n) is 4.57. The van der Waals surface area contributed by atoms with Gasteiger partial charge >= 0.3 is 5.97 Å². The van der Waals surface area contributed by atoms with E-state index in [2.05, 4.69) is 6.92 Å². The minimum Gasteiger partial charge on any atom is -0.481 e.